The molecule has 9 heteroatoms. The Labute approximate surface area is 208 Å². The summed E-state index contributed by atoms with van der Waals surface area (Å²) in [4.78, 5) is 39.3. The average molecular weight is 511 g/mol. The molecule has 0 saturated heterocycles. The molecule has 4 aliphatic rings. The smallest absolute Gasteiger partial charge is 0.333 e. The molecule has 0 aromatic rings. The van der Waals surface area contributed by atoms with Crippen molar-refractivity contribution in [3.05, 3.63) is 23.3 Å². The minimum absolute atomic E-state index is 0.0345. The Balaban J connectivity index is 2.26. The molecule has 0 aromatic carbocycles. The lowest BCUT2D eigenvalue weighted by molar-refractivity contribution is -0.231. The number of hydrogen-bond acceptors (Lipinski definition) is 8. The highest BCUT2D eigenvalue weighted by Gasteiger charge is 2.78. The van der Waals surface area contributed by atoms with Gasteiger partial charge in [0.05, 0.1) is 6.26 Å². The van der Waals surface area contributed by atoms with Gasteiger partial charge in [0.2, 0.25) is 0 Å². The summed E-state index contributed by atoms with van der Waals surface area (Å²) in [6.45, 7) is 14.2. The van der Waals surface area contributed by atoms with E-state index in [1.807, 2.05) is 27.7 Å². The lowest BCUT2D eigenvalue weighted by Gasteiger charge is -2.68. The van der Waals surface area contributed by atoms with Crippen LogP contribution >= 0.6 is 0 Å². The molecule has 0 N–H and O–H groups in total. The van der Waals surface area contributed by atoms with Crippen LogP contribution in [-0.4, -0.2) is 50.7 Å². The molecule has 4 saturated carbocycles. The third-order valence-corrected chi connectivity index (χ3v) is 9.24. The van der Waals surface area contributed by atoms with E-state index in [1.54, 1.807) is 39.8 Å². The third-order valence-electron chi connectivity index (χ3n) is 8.69. The average Bonchev–Trinajstić information content (AvgIpc) is 2.83. The fourth-order valence-corrected chi connectivity index (χ4v) is 7.58. The molecule has 4 fully saturated rings. The van der Waals surface area contributed by atoms with E-state index < -0.39 is 57.1 Å². The number of ketones is 1. The molecule has 0 radical (unpaired) electrons. The van der Waals surface area contributed by atoms with Crippen LogP contribution in [0.1, 0.15) is 61.8 Å². The van der Waals surface area contributed by atoms with Gasteiger partial charge in [0.25, 0.3) is 10.1 Å². The van der Waals surface area contributed by atoms with E-state index in [4.69, 9.17) is 13.7 Å². The molecule has 4 aliphatic carbocycles. The monoisotopic (exact) mass is 510 g/mol. The highest BCUT2D eigenvalue weighted by atomic mass is 32.2. The molecule has 0 amide bonds. The molecule has 8 atom stereocenters. The summed E-state index contributed by atoms with van der Waals surface area (Å²) in [7, 11) is -4.03. The molecule has 4 bridgehead atoms. The summed E-state index contributed by atoms with van der Waals surface area (Å²) in [5.41, 5.74) is -1.04. The van der Waals surface area contributed by atoms with E-state index in [2.05, 4.69) is 0 Å². The maximum absolute atomic E-state index is 13.3. The topological polar surface area (TPSA) is 113 Å². The molecule has 0 spiro atoms. The largest absolute Gasteiger partial charge is 0.454 e. The fraction of sp³-hybridized carbons (Fsp3) is 0.731. The normalized spacial score (nSPS) is 38.8. The van der Waals surface area contributed by atoms with Gasteiger partial charge in [-0.25, -0.2) is 9.59 Å². The van der Waals surface area contributed by atoms with Crippen LogP contribution in [-0.2, 0) is 38.2 Å². The first-order valence-electron chi connectivity index (χ1n) is 12.1. The zero-order valence-corrected chi connectivity index (χ0v) is 22.9. The molecule has 196 valence electrons. The first-order valence-corrected chi connectivity index (χ1v) is 13.9. The van der Waals surface area contributed by atoms with E-state index in [0.717, 1.165) is 6.26 Å². The van der Waals surface area contributed by atoms with Gasteiger partial charge in [0.15, 0.2) is 6.10 Å². The van der Waals surface area contributed by atoms with Crippen LogP contribution in [0, 0.1) is 34.5 Å². The summed E-state index contributed by atoms with van der Waals surface area (Å²) in [5, 5.41) is 0. The third kappa shape index (κ3) is 4.39. The summed E-state index contributed by atoms with van der Waals surface area (Å²) in [5.74, 6) is -2.03. The molecule has 8 unspecified atom stereocenters. The summed E-state index contributed by atoms with van der Waals surface area (Å²) < 4.78 is 42.6. The summed E-state index contributed by atoms with van der Waals surface area (Å²) >= 11 is 0. The number of esters is 2. The van der Waals surface area contributed by atoms with Crippen LogP contribution < -0.4 is 0 Å². The predicted molar refractivity (Wildman–Crippen MR) is 129 cm³/mol. The van der Waals surface area contributed by atoms with Crippen LogP contribution in [0.25, 0.3) is 0 Å². The number of Topliss-reactive ketones (excluding diaryl/α,β-unsaturated/α-hetero) is 1. The zero-order valence-electron chi connectivity index (χ0n) is 22.1. The Morgan fingerprint density at radius 2 is 1.46 bits per heavy atom. The minimum Gasteiger partial charge on any atom is -0.454 e. The summed E-state index contributed by atoms with van der Waals surface area (Å²) in [6, 6.07) is 0. The van der Waals surface area contributed by atoms with Crippen molar-refractivity contribution in [3.63, 3.8) is 0 Å². The standard InChI is InChI=1S/C26H38O8S/c1-10-13(3)23(28)32-20-21(33-24(29)14(4)11-2)25(6,7)19-17-15(5)12-16(27)18(19)26(17,8)22(20)34-35(9,30)31/h10-11,15,17-22H,12H2,1-9H3/b13-10-,14-11-. The molecular formula is C26H38O8S. The van der Waals surface area contributed by atoms with Gasteiger partial charge in [-0.3, -0.25) is 8.98 Å². The SMILES string of the molecule is C/C=C(/C)C(=O)OC1C(OC(=O)/C(C)=C\C)C(C)(C)C2C3C(=O)CC(C)C2C3(C)C1OS(C)(=O)=O. The number of allylic oxidation sites excluding steroid dienone is 2. The number of carbonyl (C=O) groups excluding carboxylic acids is 3. The van der Waals surface area contributed by atoms with Gasteiger partial charge in [-0.1, -0.05) is 39.8 Å². The van der Waals surface area contributed by atoms with Gasteiger partial charge in [-0.2, -0.15) is 8.42 Å². The van der Waals surface area contributed by atoms with Crippen LogP contribution in [0.2, 0.25) is 0 Å². The van der Waals surface area contributed by atoms with Crippen molar-refractivity contribution >= 4 is 27.8 Å². The highest BCUT2D eigenvalue weighted by Crippen LogP contribution is 2.73. The lowest BCUT2D eigenvalue weighted by atomic mass is 9.35. The van der Waals surface area contributed by atoms with Gasteiger partial charge in [0, 0.05) is 34.3 Å². The van der Waals surface area contributed by atoms with Crippen LogP contribution in [0.15, 0.2) is 23.3 Å². The second-order valence-corrected chi connectivity index (χ2v) is 12.8. The Hall–Kier alpha value is -2.00. The van der Waals surface area contributed by atoms with Crippen molar-refractivity contribution in [2.24, 2.45) is 34.5 Å². The first-order chi connectivity index (χ1) is 16.0. The molecule has 0 aliphatic heterocycles. The summed E-state index contributed by atoms with van der Waals surface area (Å²) in [6.07, 6.45) is 1.05. The predicted octanol–water partition coefficient (Wildman–Crippen LogP) is 3.60. The van der Waals surface area contributed by atoms with E-state index >= 15 is 0 Å². The number of hydrogen-bond donors (Lipinski definition) is 0. The van der Waals surface area contributed by atoms with Crippen molar-refractivity contribution in [2.75, 3.05) is 6.26 Å². The van der Waals surface area contributed by atoms with Gasteiger partial charge in [-0.05, 0) is 45.4 Å². The molecule has 0 aromatic heterocycles. The maximum Gasteiger partial charge on any atom is 0.333 e. The molecular weight excluding hydrogens is 472 g/mol. The van der Waals surface area contributed by atoms with Gasteiger partial charge >= 0.3 is 11.9 Å². The van der Waals surface area contributed by atoms with Crippen molar-refractivity contribution in [3.8, 4) is 0 Å². The van der Waals surface area contributed by atoms with Crippen LogP contribution in [0.5, 0.6) is 0 Å². The van der Waals surface area contributed by atoms with Gasteiger partial charge in [0.1, 0.15) is 18.0 Å². The number of carbonyl (C=O) groups is 3. The Morgan fingerprint density at radius 1 is 0.943 bits per heavy atom. The molecule has 8 nitrogen and oxygen atoms in total. The maximum atomic E-state index is 13.3. The minimum atomic E-state index is -4.03. The fourth-order valence-electron chi connectivity index (χ4n) is 6.89. The van der Waals surface area contributed by atoms with Crippen LogP contribution in [0.4, 0.5) is 0 Å². The zero-order chi connectivity index (χ0) is 26.7. The lowest BCUT2D eigenvalue weighted by Crippen LogP contribution is -2.71. The van der Waals surface area contributed by atoms with E-state index in [1.165, 1.54) is 0 Å². The van der Waals surface area contributed by atoms with Gasteiger partial charge in [-0.15, -0.1) is 0 Å². The van der Waals surface area contributed by atoms with E-state index in [-0.39, 0.29) is 23.5 Å². The molecule has 4 rings (SSSR count). The highest BCUT2D eigenvalue weighted by molar-refractivity contribution is 7.86. The van der Waals surface area contributed by atoms with E-state index in [0.29, 0.717) is 17.6 Å². The van der Waals surface area contributed by atoms with Crippen LogP contribution in [0.3, 0.4) is 0 Å². The Kier molecular flexibility index (Phi) is 7.20. The van der Waals surface area contributed by atoms with Gasteiger partial charge < -0.3 is 9.47 Å². The quantitative estimate of drug-likeness (QED) is 0.303. The molecule has 35 heavy (non-hydrogen) atoms. The first kappa shape index (κ1) is 27.6. The van der Waals surface area contributed by atoms with E-state index in [9.17, 15) is 22.8 Å². The Bertz CT molecular complexity index is 1080. The Morgan fingerprint density at radius 3 is 1.91 bits per heavy atom. The molecule has 0 heterocycles. The van der Waals surface area contributed by atoms with Crippen molar-refractivity contribution in [1.82, 2.24) is 0 Å². The van der Waals surface area contributed by atoms with Crippen molar-refractivity contribution < 1.29 is 36.5 Å². The van der Waals surface area contributed by atoms with Crippen molar-refractivity contribution in [2.45, 2.75) is 80.1 Å². The number of rotatable bonds is 6. The van der Waals surface area contributed by atoms with Crippen molar-refractivity contribution in [1.29, 1.82) is 0 Å². The number of ether oxygens (including phenoxy) is 2. The second kappa shape index (κ2) is 9.14. The second-order valence-electron chi connectivity index (χ2n) is 11.2. The number of fused-ring (bicyclic) bond motifs is 3.